The van der Waals surface area contributed by atoms with Gasteiger partial charge in [-0.25, -0.2) is 0 Å². The first-order valence-electron chi connectivity index (χ1n) is 13.0. The molecule has 1 aliphatic heterocycles. The number of ether oxygens (including phenoxy) is 1. The van der Waals surface area contributed by atoms with Crippen LogP contribution in [0.15, 0.2) is 0 Å². The minimum absolute atomic E-state index is 0.128. The number of aliphatic hydroxyl groups excluding tert-OH is 5. The Balaban J connectivity index is 2.34. The number of rotatable bonds is 18. The topological polar surface area (TPSA) is 197 Å². The second-order valence-corrected chi connectivity index (χ2v) is 9.81. The lowest BCUT2D eigenvalue weighted by atomic mass is 9.82. The fourth-order valence-electron chi connectivity index (χ4n) is 4.52. The van der Waals surface area contributed by atoms with Gasteiger partial charge in [-0.1, -0.05) is 90.4 Å². The molecule has 10 nitrogen and oxygen atoms in total. The molecule has 0 radical (unpaired) electrons. The molecular weight excluding hydrogens is 446 g/mol. The number of unbranched alkanes of at least 4 members (excludes halogenated alkanes) is 12. The lowest BCUT2D eigenvalue weighted by molar-refractivity contribution is -0.449. The van der Waals surface area contributed by atoms with E-state index in [1.165, 1.54) is 51.4 Å². The molecule has 0 amide bonds. The van der Waals surface area contributed by atoms with Gasteiger partial charge in [-0.2, -0.15) is 0 Å². The molecule has 1 aliphatic rings. The highest BCUT2D eigenvalue weighted by Gasteiger charge is 2.66. The van der Waals surface area contributed by atoms with Crippen molar-refractivity contribution in [2.75, 3.05) is 6.61 Å². The van der Waals surface area contributed by atoms with Gasteiger partial charge in [0, 0.05) is 0 Å². The molecule has 0 saturated carbocycles. The highest BCUT2D eigenvalue weighted by Crippen LogP contribution is 2.37. The van der Waals surface area contributed by atoms with Gasteiger partial charge in [0.05, 0.1) is 18.8 Å². The van der Waals surface area contributed by atoms with Crippen LogP contribution in [0.4, 0.5) is 0 Å². The van der Waals surface area contributed by atoms with Crippen molar-refractivity contribution in [2.45, 2.75) is 145 Å². The first kappa shape index (κ1) is 31.6. The van der Waals surface area contributed by atoms with Crippen molar-refractivity contribution in [3.05, 3.63) is 0 Å². The molecule has 0 spiro atoms. The van der Waals surface area contributed by atoms with Gasteiger partial charge in [0.1, 0.15) is 24.4 Å². The van der Waals surface area contributed by atoms with E-state index in [-0.39, 0.29) is 6.42 Å². The first-order valence-corrected chi connectivity index (χ1v) is 13.0. The van der Waals surface area contributed by atoms with E-state index in [1.54, 1.807) is 0 Å². The summed E-state index contributed by atoms with van der Waals surface area (Å²) in [4.78, 5) is 0. The van der Waals surface area contributed by atoms with Gasteiger partial charge in [0.15, 0.2) is 0 Å². The molecule has 10 N–H and O–H groups in total. The molecule has 1 fully saturated rings. The third-order valence-electron chi connectivity index (χ3n) is 6.98. The second-order valence-electron chi connectivity index (χ2n) is 9.81. The van der Waals surface area contributed by atoms with E-state index in [4.69, 9.17) is 10.5 Å². The fourth-order valence-corrected chi connectivity index (χ4v) is 4.52. The first-order chi connectivity index (χ1) is 16.0. The molecule has 1 rings (SSSR count). The van der Waals surface area contributed by atoms with Gasteiger partial charge in [-0.3, -0.25) is 0 Å². The zero-order valence-electron chi connectivity index (χ0n) is 20.6. The van der Waals surface area contributed by atoms with E-state index in [9.17, 15) is 40.9 Å². The molecule has 1 heterocycles. The van der Waals surface area contributed by atoms with Gasteiger partial charge >= 0.3 is 0 Å². The summed E-state index contributed by atoms with van der Waals surface area (Å²) in [7, 11) is 0. The number of hydrogen-bond donors (Lipinski definition) is 9. The Hall–Kier alpha value is -0.400. The van der Waals surface area contributed by atoms with Crippen LogP contribution in [0.3, 0.4) is 0 Å². The van der Waals surface area contributed by atoms with E-state index < -0.39 is 54.7 Å². The molecule has 0 bridgehead atoms. The predicted molar refractivity (Wildman–Crippen MR) is 126 cm³/mol. The smallest absolute Gasteiger partial charge is 0.252 e. The van der Waals surface area contributed by atoms with Crippen molar-refractivity contribution in [3.8, 4) is 0 Å². The maximum Gasteiger partial charge on any atom is 0.252 e. The van der Waals surface area contributed by atoms with Gasteiger partial charge in [-0.05, 0) is 6.42 Å². The lowest BCUT2D eigenvalue weighted by Crippen LogP contribution is -2.78. The second kappa shape index (κ2) is 15.7. The highest BCUT2D eigenvalue weighted by molar-refractivity contribution is 5.06. The largest absolute Gasteiger partial charge is 0.394 e. The fraction of sp³-hybridized carbons (Fsp3) is 1.00. The minimum atomic E-state index is -3.38. The standard InChI is InChI=1S/C24H49NO9/c1-2-3-4-5-6-7-8-9-10-11-12-13-14-15-17(27)21(25)23(31,32)24(33)22(30)20(29)19(28)18(16-26)34-24/h17-22,26-33H,2-16,25H2,1H3/t17-,18?,19?,20?,21+,22?,24?/m1/s1. The number of nitrogens with two attached hydrogens (primary N) is 1. The van der Waals surface area contributed by atoms with Crippen LogP contribution >= 0.6 is 0 Å². The Kier molecular flexibility index (Phi) is 14.6. The summed E-state index contributed by atoms with van der Waals surface area (Å²) < 4.78 is 4.93. The molecule has 5 unspecified atom stereocenters. The minimum Gasteiger partial charge on any atom is -0.394 e. The molecule has 0 aliphatic carbocycles. The Morgan fingerprint density at radius 3 is 1.71 bits per heavy atom. The van der Waals surface area contributed by atoms with Crippen LogP contribution in [-0.4, -0.2) is 95.6 Å². The maximum atomic E-state index is 10.6. The zero-order chi connectivity index (χ0) is 25.8. The van der Waals surface area contributed by atoms with Crippen molar-refractivity contribution >= 4 is 0 Å². The van der Waals surface area contributed by atoms with Crippen LogP contribution in [-0.2, 0) is 4.74 Å². The quantitative estimate of drug-likeness (QED) is 0.0921. The van der Waals surface area contributed by atoms with Gasteiger partial charge in [0.2, 0.25) is 5.79 Å². The zero-order valence-corrected chi connectivity index (χ0v) is 20.6. The molecule has 7 atom stereocenters. The normalized spacial score (nSPS) is 29.8. The third-order valence-corrected chi connectivity index (χ3v) is 6.98. The third kappa shape index (κ3) is 8.62. The van der Waals surface area contributed by atoms with E-state index >= 15 is 0 Å². The van der Waals surface area contributed by atoms with Crippen LogP contribution < -0.4 is 5.73 Å². The Labute approximate surface area is 203 Å². The van der Waals surface area contributed by atoms with Gasteiger partial charge in [0.25, 0.3) is 5.79 Å². The van der Waals surface area contributed by atoms with Crippen molar-refractivity contribution in [3.63, 3.8) is 0 Å². The summed E-state index contributed by atoms with van der Waals surface area (Å²) in [5, 5.41) is 81.0. The van der Waals surface area contributed by atoms with Crippen LogP contribution in [0.1, 0.15) is 96.8 Å². The maximum absolute atomic E-state index is 10.6. The van der Waals surface area contributed by atoms with Gasteiger partial charge < -0.3 is 51.3 Å². The summed E-state index contributed by atoms with van der Waals surface area (Å²) in [6, 6.07) is -1.86. The van der Waals surface area contributed by atoms with Crippen molar-refractivity contribution in [1.82, 2.24) is 0 Å². The van der Waals surface area contributed by atoms with Crippen LogP contribution in [0.5, 0.6) is 0 Å². The number of aliphatic hydroxyl groups is 8. The molecule has 0 aromatic carbocycles. The molecule has 34 heavy (non-hydrogen) atoms. The summed E-state index contributed by atoms with van der Waals surface area (Å²) >= 11 is 0. The average Bonchev–Trinajstić information content (AvgIpc) is 2.82. The summed E-state index contributed by atoms with van der Waals surface area (Å²) in [5.41, 5.74) is 5.78. The molecule has 204 valence electrons. The van der Waals surface area contributed by atoms with Crippen LogP contribution in [0.2, 0.25) is 0 Å². The van der Waals surface area contributed by atoms with Crippen LogP contribution in [0.25, 0.3) is 0 Å². The highest BCUT2D eigenvalue weighted by atomic mass is 16.7. The summed E-state index contributed by atoms with van der Waals surface area (Å²) in [5.74, 6) is -6.62. The summed E-state index contributed by atoms with van der Waals surface area (Å²) in [6.07, 6.45) is 5.87. The predicted octanol–water partition coefficient (Wildman–Crippen LogP) is -0.000800. The molecule has 0 aromatic heterocycles. The molecular formula is C24H49NO9. The van der Waals surface area contributed by atoms with Crippen molar-refractivity contribution in [1.29, 1.82) is 0 Å². The summed E-state index contributed by atoms with van der Waals surface area (Å²) in [6.45, 7) is 1.34. The van der Waals surface area contributed by atoms with E-state index in [2.05, 4.69) is 6.92 Å². The molecule has 0 aromatic rings. The molecule has 10 heteroatoms. The van der Waals surface area contributed by atoms with Crippen molar-refractivity contribution in [2.24, 2.45) is 5.73 Å². The lowest BCUT2D eigenvalue weighted by Gasteiger charge is -2.52. The SMILES string of the molecule is CCCCCCCCCCCCCCC[C@@H](O)[C@H](N)C(O)(O)C1(O)OC(CO)C(O)C(O)C1O. The molecule has 1 saturated heterocycles. The van der Waals surface area contributed by atoms with E-state index in [1.807, 2.05) is 0 Å². The Bertz CT molecular complexity index is 537. The van der Waals surface area contributed by atoms with Crippen LogP contribution in [0, 0.1) is 0 Å². The van der Waals surface area contributed by atoms with Gasteiger partial charge in [-0.15, -0.1) is 0 Å². The van der Waals surface area contributed by atoms with Crippen molar-refractivity contribution < 1.29 is 45.6 Å². The number of hydrogen-bond acceptors (Lipinski definition) is 10. The Morgan fingerprint density at radius 1 is 0.824 bits per heavy atom. The van der Waals surface area contributed by atoms with E-state index in [0.29, 0.717) is 6.42 Å². The monoisotopic (exact) mass is 495 g/mol. The average molecular weight is 496 g/mol. The van der Waals surface area contributed by atoms with E-state index in [0.717, 1.165) is 25.7 Å². The Morgan fingerprint density at radius 2 is 1.26 bits per heavy atom.